The second-order valence-corrected chi connectivity index (χ2v) is 6.62. The van der Waals surface area contributed by atoms with Gasteiger partial charge in [0.05, 0.1) is 5.69 Å². The Labute approximate surface area is 158 Å². The highest BCUT2D eigenvalue weighted by Gasteiger charge is 2.11. The molecule has 0 radical (unpaired) electrons. The summed E-state index contributed by atoms with van der Waals surface area (Å²) >= 11 is 0. The van der Waals surface area contributed by atoms with Gasteiger partial charge in [-0.3, -0.25) is 4.90 Å². The minimum Gasteiger partial charge on any atom is -0.382 e. The topological polar surface area (TPSA) is 36.5 Å². The van der Waals surface area contributed by atoms with Gasteiger partial charge in [0.15, 0.2) is 5.75 Å². The summed E-state index contributed by atoms with van der Waals surface area (Å²) in [5.41, 5.74) is 9.19. The number of hydrogen-bond acceptors (Lipinski definition) is 4. The van der Waals surface area contributed by atoms with Crippen LogP contribution in [0.2, 0.25) is 0 Å². The molecule has 0 saturated carbocycles. The molecule has 0 amide bonds. The molecule has 0 aliphatic carbocycles. The van der Waals surface area contributed by atoms with Gasteiger partial charge in [-0.1, -0.05) is 26.0 Å². The van der Waals surface area contributed by atoms with Crippen LogP contribution in [-0.4, -0.2) is 31.1 Å². The molecule has 0 spiro atoms. The first-order valence-electron chi connectivity index (χ1n) is 9.64. The molecule has 4 nitrogen and oxygen atoms in total. The zero-order valence-corrected chi connectivity index (χ0v) is 16.9. The molecule has 1 fully saturated rings. The van der Waals surface area contributed by atoms with Crippen molar-refractivity contribution >= 4 is 5.69 Å². The largest absolute Gasteiger partial charge is 0.382 e. The predicted molar refractivity (Wildman–Crippen MR) is 111 cm³/mol. The van der Waals surface area contributed by atoms with Gasteiger partial charge in [0, 0.05) is 32.7 Å². The van der Waals surface area contributed by atoms with E-state index >= 15 is 0 Å². The van der Waals surface area contributed by atoms with E-state index in [2.05, 4.69) is 60.7 Å². The van der Waals surface area contributed by atoms with Crippen molar-refractivity contribution in [1.82, 2.24) is 10.2 Å². The van der Waals surface area contributed by atoms with Crippen molar-refractivity contribution < 1.29 is 4.84 Å². The molecule has 1 saturated heterocycles. The average Bonchev–Trinajstić information content (AvgIpc) is 2.67. The zero-order valence-electron chi connectivity index (χ0n) is 16.9. The minimum absolute atomic E-state index is 0.842. The highest BCUT2D eigenvalue weighted by molar-refractivity contribution is 5.47. The van der Waals surface area contributed by atoms with Crippen molar-refractivity contribution in [1.29, 1.82) is 0 Å². The Morgan fingerprint density at radius 1 is 0.923 bits per heavy atom. The number of aryl methyl sites for hydroxylation is 3. The Hall–Kier alpha value is -2.04. The Morgan fingerprint density at radius 2 is 1.65 bits per heavy atom. The Balaban J connectivity index is 0.00000117. The summed E-state index contributed by atoms with van der Waals surface area (Å²) in [4.78, 5) is 8.23. The van der Waals surface area contributed by atoms with Crippen molar-refractivity contribution in [2.45, 2.75) is 41.2 Å². The molecule has 1 heterocycles. The fourth-order valence-electron chi connectivity index (χ4n) is 2.94. The number of benzene rings is 2. The van der Waals surface area contributed by atoms with E-state index < -0.39 is 0 Å². The smallest absolute Gasteiger partial charge is 0.155 e. The van der Waals surface area contributed by atoms with Gasteiger partial charge in [-0.2, -0.15) is 0 Å². The van der Waals surface area contributed by atoms with E-state index in [9.17, 15) is 0 Å². The monoisotopic (exact) mass is 355 g/mol. The van der Waals surface area contributed by atoms with Crippen LogP contribution in [0, 0.1) is 20.8 Å². The van der Waals surface area contributed by atoms with Crippen LogP contribution in [0.5, 0.6) is 5.75 Å². The summed E-state index contributed by atoms with van der Waals surface area (Å²) in [6.07, 6.45) is 0. The van der Waals surface area contributed by atoms with Crippen LogP contribution >= 0.6 is 0 Å². The molecule has 26 heavy (non-hydrogen) atoms. The standard InChI is InChI=1S/C20H27N3O.C2H6/c1-15-4-6-19(12-16(15)2)22-24-20-7-5-18(17(3)13-20)14-23-10-8-21-9-11-23;1-2/h4-7,12-13,21-22H,8-11,14H2,1-3H3;1-2H3. The van der Waals surface area contributed by atoms with E-state index in [1.165, 1.54) is 22.3 Å². The third-order valence-electron chi connectivity index (χ3n) is 4.71. The molecule has 0 unspecified atom stereocenters. The highest BCUT2D eigenvalue weighted by Crippen LogP contribution is 2.20. The quantitative estimate of drug-likeness (QED) is 0.777. The van der Waals surface area contributed by atoms with E-state index in [4.69, 9.17) is 4.84 Å². The first-order valence-corrected chi connectivity index (χ1v) is 9.64. The lowest BCUT2D eigenvalue weighted by atomic mass is 10.1. The number of anilines is 1. The lowest BCUT2D eigenvalue weighted by Crippen LogP contribution is -2.42. The zero-order chi connectivity index (χ0) is 18.9. The summed E-state index contributed by atoms with van der Waals surface area (Å²) in [5.74, 6) is 0.842. The van der Waals surface area contributed by atoms with Gasteiger partial charge in [-0.05, 0) is 67.3 Å². The Bertz CT molecular complexity index is 694. The highest BCUT2D eigenvalue weighted by atomic mass is 16.6. The van der Waals surface area contributed by atoms with Gasteiger partial charge in [0.2, 0.25) is 0 Å². The lowest BCUT2D eigenvalue weighted by molar-refractivity contribution is 0.233. The molecular formula is C22H33N3O. The van der Waals surface area contributed by atoms with E-state index in [1.54, 1.807) is 0 Å². The predicted octanol–water partition coefficient (Wildman–Crippen LogP) is 4.45. The SMILES string of the molecule is CC.Cc1ccc(NOc2ccc(CN3CCNCC3)c(C)c2)cc1C. The summed E-state index contributed by atoms with van der Waals surface area (Å²) in [5, 5.41) is 3.39. The summed E-state index contributed by atoms with van der Waals surface area (Å²) < 4.78 is 0. The van der Waals surface area contributed by atoms with Crippen LogP contribution in [-0.2, 0) is 6.54 Å². The minimum atomic E-state index is 0.842. The molecule has 0 atom stereocenters. The van der Waals surface area contributed by atoms with E-state index in [-0.39, 0.29) is 0 Å². The van der Waals surface area contributed by atoms with Gasteiger partial charge in [-0.15, -0.1) is 0 Å². The van der Waals surface area contributed by atoms with Gasteiger partial charge < -0.3 is 10.2 Å². The third kappa shape index (κ3) is 5.75. The first kappa shape index (κ1) is 20.3. The van der Waals surface area contributed by atoms with Crippen molar-refractivity contribution in [3.8, 4) is 5.75 Å². The maximum atomic E-state index is 5.74. The van der Waals surface area contributed by atoms with Crippen LogP contribution in [0.1, 0.15) is 36.1 Å². The van der Waals surface area contributed by atoms with Crippen LogP contribution in [0.25, 0.3) is 0 Å². The molecule has 1 aliphatic heterocycles. The third-order valence-corrected chi connectivity index (χ3v) is 4.71. The maximum Gasteiger partial charge on any atom is 0.155 e. The fourth-order valence-corrected chi connectivity index (χ4v) is 2.94. The van der Waals surface area contributed by atoms with E-state index in [0.29, 0.717) is 0 Å². The number of nitrogens with zero attached hydrogens (tertiary/aromatic N) is 1. The van der Waals surface area contributed by atoms with Gasteiger partial charge in [0.1, 0.15) is 0 Å². The van der Waals surface area contributed by atoms with Gasteiger partial charge in [-0.25, -0.2) is 5.48 Å². The van der Waals surface area contributed by atoms with Crippen molar-refractivity contribution in [3.63, 3.8) is 0 Å². The number of piperazine rings is 1. The Kier molecular flexibility index (Phi) is 7.95. The first-order chi connectivity index (χ1) is 12.6. The molecule has 2 aromatic carbocycles. The van der Waals surface area contributed by atoms with Crippen molar-refractivity contribution in [2.75, 3.05) is 31.7 Å². The lowest BCUT2D eigenvalue weighted by Gasteiger charge is -2.27. The molecule has 142 valence electrons. The van der Waals surface area contributed by atoms with Crippen LogP contribution in [0.4, 0.5) is 5.69 Å². The van der Waals surface area contributed by atoms with Crippen molar-refractivity contribution in [3.05, 3.63) is 58.7 Å². The summed E-state index contributed by atoms with van der Waals surface area (Å²) in [7, 11) is 0. The molecular weight excluding hydrogens is 322 g/mol. The molecule has 3 rings (SSSR count). The second kappa shape index (κ2) is 10.2. The van der Waals surface area contributed by atoms with Gasteiger partial charge >= 0.3 is 0 Å². The fraction of sp³-hybridized carbons (Fsp3) is 0.455. The normalized spacial score (nSPS) is 14.3. The second-order valence-electron chi connectivity index (χ2n) is 6.62. The maximum absolute atomic E-state index is 5.74. The van der Waals surface area contributed by atoms with E-state index in [1.807, 2.05) is 26.0 Å². The molecule has 2 N–H and O–H groups in total. The molecule has 4 heteroatoms. The molecule has 0 aromatic heterocycles. The number of hydrogen-bond donors (Lipinski definition) is 2. The molecule has 0 bridgehead atoms. The number of nitrogens with one attached hydrogen (secondary N) is 2. The molecule has 1 aliphatic rings. The van der Waals surface area contributed by atoms with Crippen LogP contribution in [0.3, 0.4) is 0 Å². The summed E-state index contributed by atoms with van der Waals surface area (Å²) in [6, 6.07) is 12.6. The van der Waals surface area contributed by atoms with Crippen LogP contribution in [0.15, 0.2) is 36.4 Å². The number of rotatable bonds is 5. The van der Waals surface area contributed by atoms with Gasteiger partial charge in [0.25, 0.3) is 0 Å². The van der Waals surface area contributed by atoms with Crippen molar-refractivity contribution in [2.24, 2.45) is 0 Å². The van der Waals surface area contributed by atoms with E-state index in [0.717, 1.165) is 44.2 Å². The molecule has 2 aromatic rings. The summed E-state index contributed by atoms with van der Waals surface area (Å²) in [6.45, 7) is 15.8. The average molecular weight is 356 g/mol. The Morgan fingerprint density at radius 3 is 2.31 bits per heavy atom. The van der Waals surface area contributed by atoms with Crippen LogP contribution < -0.4 is 15.6 Å².